The van der Waals surface area contributed by atoms with Gasteiger partial charge >= 0.3 is 6.18 Å². The van der Waals surface area contributed by atoms with E-state index in [-0.39, 0.29) is 18.2 Å². The number of carbonyl (C=O) groups is 1. The van der Waals surface area contributed by atoms with Crippen LogP contribution in [0.1, 0.15) is 5.56 Å². The Morgan fingerprint density at radius 2 is 1.92 bits per heavy atom. The second kappa shape index (κ2) is 7.45. The lowest BCUT2D eigenvalue weighted by Crippen LogP contribution is -2.33. The molecular weight excluding hydrogens is 369 g/mol. The van der Waals surface area contributed by atoms with Crippen molar-refractivity contribution in [1.29, 1.82) is 0 Å². The minimum atomic E-state index is -4.35. The molecule has 2 N–H and O–H groups in total. The van der Waals surface area contributed by atoms with Crippen LogP contribution in [0.2, 0.25) is 5.02 Å². The number of fused-ring (bicyclic) bond motifs is 1. The number of carbonyl (C=O) groups excluding carboxylic acids is 1. The standard InChI is InChI=1S/C18H16ClF3N2O2/c19-13-5-6-16-11(8-13)7-12(9-26-16)17(25)24-15-4-2-1-3-14(15)23-10-18(20,21)22/h1-6,8,12,23H,7,9-10H2,(H,24,25). The Balaban J connectivity index is 1.69. The summed E-state index contributed by atoms with van der Waals surface area (Å²) < 4.78 is 42.9. The summed E-state index contributed by atoms with van der Waals surface area (Å²) >= 11 is 5.97. The highest BCUT2D eigenvalue weighted by molar-refractivity contribution is 6.30. The van der Waals surface area contributed by atoms with Gasteiger partial charge < -0.3 is 15.4 Å². The van der Waals surface area contributed by atoms with Crippen LogP contribution in [0.5, 0.6) is 5.75 Å². The van der Waals surface area contributed by atoms with Crippen molar-refractivity contribution in [3.8, 4) is 5.75 Å². The fourth-order valence-corrected chi connectivity index (χ4v) is 2.90. The van der Waals surface area contributed by atoms with Crippen LogP contribution < -0.4 is 15.4 Å². The van der Waals surface area contributed by atoms with Gasteiger partial charge in [0, 0.05) is 5.02 Å². The van der Waals surface area contributed by atoms with Crippen molar-refractivity contribution in [2.45, 2.75) is 12.6 Å². The molecule has 0 spiro atoms. The molecule has 1 aliphatic rings. The quantitative estimate of drug-likeness (QED) is 0.815. The van der Waals surface area contributed by atoms with Crippen molar-refractivity contribution in [2.75, 3.05) is 23.8 Å². The number of benzene rings is 2. The molecule has 0 bridgehead atoms. The smallest absolute Gasteiger partial charge is 0.405 e. The first kappa shape index (κ1) is 18.4. The van der Waals surface area contributed by atoms with Crippen molar-refractivity contribution >= 4 is 28.9 Å². The number of hydrogen-bond donors (Lipinski definition) is 2. The predicted octanol–water partition coefficient (Wildman–Crippen LogP) is 4.50. The third-order valence-electron chi connectivity index (χ3n) is 3.96. The van der Waals surface area contributed by atoms with Crippen LogP contribution in [-0.4, -0.2) is 25.2 Å². The summed E-state index contributed by atoms with van der Waals surface area (Å²) in [5.74, 6) is -0.0979. The van der Waals surface area contributed by atoms with E-state index >= 15 is 0 Å². The van der Waals surface area contributed by atoms with Gasteiger partial charge in [0.15, 0.2) is 0 Å². The molecule has 0 radical (unpaired) electrons. The van der Waals surface area contributed by atoms with Gasteiger partial charge in [-0.2, -0.15) is 13.2 Å². The SMILES string of the molecule is O=C(Nc1ccccc1NCC(F)(F)F)C1COc2ccc(Cl)cc2C1. The third-order valence-corrected chi connectivity index (χ3v) is 4.20. The summed E-state index contributed by atoms with van der Waals surface area (Å²) in [5, 5.41) is 5.53. The number of alkyl halides is 3. The van der Waals surface area contributed by atoms with Gasteiger partial charge in [0.2, 0.25) is 5.91 Å². The third kappa shape index (κ3) is 4.60. The number of halogens is 4. The molecule has 1 aliphatic heterocycles. The average Bonchev–Trinajstić information content (AvgIpc) is 2.59. The molecule has 1 unspecified atom stereocenters. The zero-order valence-electron chi connectivity index (χ0n) is 13.6. The molecule has 0 saturated heterocycles. The summed E-state index contributed by atoms with van der Waals surface area (Å²) in [6.45, 7) is -0.989. The van der Waals surface area contributed by atoms with Crippen LogP contribution in [0.15, 0.2) is 42.5 Å². The Morgan fingerprint density at radius 3 is 2.65 bits per heavy atom. The minimum Gasteiger partial charge on any atom is -0.492 e. The van der Waals surface area contributed by atoms with Crippen molar-refractivity contribution in [3.05, 3.63) is 53.1 Å². The maximum absolute atomic E-state index is 12.5. The largest absolute Gasteiger partial charge is 0.492 e. The summed E-state index contributed by atoms with van der Waals surface area (Å²) in [5.41, 5.74) is 1.32. The second-order valence-corrected chi connectivity index (χ2v) is 6.40. The van der Waals surface area contributed by atoms with E-state index in [1.165, 1.54) is 6.07 Å². The molecule has 1 atom stereocenters. The maximum atomic E-state index is 12.5. The van der Waals surface area contributed by atoms with Crippen LogP contribution in [0.4, 0.5) is 24.5 Å². The Bertz CT molecular complexity index is 811. The second-order valence-electron chi connectivity index (χ2n) is 5.97. The Kier molecular flexibility index (Phi) is 5.27. The van der Waals surface area contributed by atoms with Crippen LogP contribution in [0.3, 0.4) is 0 Å². The molecule has 1 heterocycles. The fourth-order valence-electron chi connectivity index (χ4n) is 2.71. The van der Waals surface area contributed by atoms with E-state index < -0.39 is 18.6 Å². The molecule has 2 aromatic rings. The highest BCUT2D eigenvalue weighted by Gasteiger charge is 2.28. The van der Waals surface area contributed by atoms with E-state index in [1.807, 2.05) is 0 Å². The molecular formula is C18H16ClF3N2O2. The molecule has 0 aliphatic carbocycles. The number of nitrogens with one attached hydrogen (secondary N) is 2. The number of rotatable bonds is 4. The lowest BCUT2D eigenvalue weighted by atomic mass is 9.96. The van der Waals surface area contributed by atoms with E-state index in [4.69, 9.17) is 16.3 Å². The Labute approximate surface area is 153 Å². The van der Waals surface area contributed by atoms with Crippen LogP contribution in [-0.2, 0) is 11.2 Å². The highest BCUT2D eigenvalue weighted by atomic mass is 35.5. The van der Waals surface area contributed by atoms with Gasteiger partial charge in [0.25, 0.3) is 0 Å². The van der Waals surface area contributed by atoms with Gasteiger partial charge in [-0.25, -0.2) is 0 Å². The molecule has 0 saturated carbocycles. The molecule has 0 aromatic heterocycles. The number of ether oxygens (including phenoxy) is 1. The highest BCUT2D eigenvalue weighted by Crippen LogP contribution is 2.31. The van der Waals surface area contributed by atoms with E-state index in [9.17, 15) is 18.0 Å². The number of anilines is 2. The number of amides is 1. The first-order valence-corrected chi connectivity index (χ1v) is 8.31. The van der Waals surface area contributed by atoms with Crippen molar-refractivity contribution in [2.24, 2.45) is 5.92 Å². The Hall–Kier alpha value is -2.41. The molecule has 8 heteroatoms. The van der Waals surface area contributed by atoms with Gasteiger partial charge in [0.1, 0.15) is 18.9 Å². The minimum absolute atomic E-state index is 0.193. The van der Waals surface area contributed by atoms with E-state index in [1.54, 1.807) is 36.4 Å². The first-order chi connectivity index (χ1) is 12.3. The summed E-state index contributed by atoms with van der Waals surface area (Å²) in [4.78, 5) is 12.5. The average molecular weight is 385 g/mol. The number of para-hydroxylation sites is 2. The molecule has 138 valence electrons. The lowest BCUT2D eigenvalue weighted by Gasteiger charge is -2.25. The maximum Gasteiger partial charge on any atom is 0.405 e. The van der Waals surface area contributed by atoms with Gasteiger partial charge in [-0.1, -0.05) is 23.7 Å². The van der Waals surface area contributed by atoms with Crippen LogP contribution in [0.25, 0.3) is 0 Å². The monoisotopic (exact) mass is 384 g/mol. The van der Waals surface area contributed by atoms with Crippen molar-refractivity contribution < 1.29 is 22.7 Å². The molecule has 1 amide bonds. The molecule has 0 fully saturated rings. The molecule has 26 heavy (non-hydrogen) atoms. The van der Waals surface area contributed by atoms with Crippen LogP contribution >= 0.6 is 11.6 Å². The summed E-state index contributed by atoms with van der Waals surface area (Å²) in [6.07, 6.45) is -3.91. The fraction of sp³-hybridized carbons (Fsp3) is 0.278. The zero-order valence-corrected chi connectivity index (χ0v) is 14.3. The van der Waals surface area contributed by atoms with Gasteiger partial charge in [-0.15, -0.1) is 0 Å². The Morgan fingerprint density at radius 1 is 1.19 bits per heavy atom. The predicted molar refractivity (Wildman–Crippen MR) is 93.8 cm³/mol. The van der Waals surface area contributed by atoms with Crippen molar-refractivity contribution in [3.63, 3.8) is 0 Å². The topological polar surface area (TPSA) is 50.4 Å². The summed E-state index contributed by atoms with van der Waals surface area (Å²) in [7, 11) is 0. The normalized spacial score (nSPS) is 16.4. The van der Waals surface area contributed by atoms with Gasteiger partial charge in [-0.05, 0) is 42.3 Å². The zero-order chi connectivity index (χ0) is 18.7. The van der Waals surface area contributed by atoms with Crippen LogP contribution in [0, 0.1) is 5.92 Å². The van der Waals surface area contributed by atoms with Crippen molar-refractivity contribution in [1.82, 2.24) is 0 Å². The molecule has 3 rings (SSSR count). The van der Waals surface area contributed by atoms with E-state index in [2.05, 4.69) is 10.6 Å². The van der Waals surface area contributed by atoms with E-state index in [0.717, 1.165) is 5.56 Å². The van der Waals surface area contributed by atoms with Gasteiger partial charge in [0.05, 0.1) is 17.3 Å². The molecule has 4 nitrogen and oxygen atoms in total. The lowest BCUT2D eigenvalue weighted by molar-refractivity contribution is -0.121. The van der Waals surface area contributed by atoms with Gasteiger partial charge in [-0.3, -0.25) is 4.79 Å². The first-order valence-electron chi connectivity index (χ1n) is 7.93. The summed E-state index contributed by atoms with van der Waals surface area (Å²) in [6, 6.07) is 11.5. The molecule has 2 aromatic carbocycles. The van der Waals surface area contributed by atoms with E-state index in [0.29, 0.717) is 22.9 Å². The number of hydrogen-bond acceptors (Lipinski definition) is 3.